The molecule has 1 fully saturated rings. The Morgan fingerprint density at radius 1 is 1.39 bits per heavy atom. The van der Waals surface area contributed by atoms with Crippen molar-refractivity contribution in [1.29, 1.82) is 0 Å². The molecule has 2 heterocycles. The summed E-state index contributed by atoms with van der Waals surface area (Å²) in [6, 6.07) is 5.56. The molecule has 2 aromatic rings. The van der Waals surface area contributed by atoms with Gasteiger partial charge < -0.3 is 16.4 Å². The fraction of sp³-hybridized carbons (Fsp3) is 0.250. The number of nitrogen functional groups attached to an aromatic ring is 1. The Kier molecular flexibility index (Phi) is 2.47. The first-order valence-corrected chi connectivity index (χ1v) is 5.76. The van der Waals surface area contributed by atoms with Crippen LogP contribution in [0.2, 0.25) is 0 Å². The average molecular weight is 243 g/mol. The van der Waals surface area contributed by atoms with Gasteiger partial charge in [-0.1, -0.05) is 0 Å². The Morgan fingerprint density at radius 2 is 2.28 bits per heavy atom. The molecule has 3 rings (SSSR count). The number of nitrogens with one attached hydrogen (secondary N) is 2. The monoisotopic (exact) mass is 243 g/mol. The lowest BCUT2D eigenvalue weighted by Crippen LogP contribution is -2.23. The summed E-state index contributed by atoms with van der Waals surface area (Å²) in [5.41, 5.74) is 7.27. The number of carbonyl (C=O) groups excluding carboxylic acids is 1. The molecule has 1 unspecified atom stereocenters. The molecule has 0 bridgehead atoms. The number of benzene rings is 1. The average Bonchev–Trinajstić information content (AvgIpc) is 2.76. The van der Waals surface area contributed by atoms with Crippen LogP contribution < -0.4 is 16.4 Å². The number of rotatable bonds is 2. The van der Waals surface area contributed by atoms with Gasteiger partial charge in [0.2, 0.25) is 5.91 Å². The third kappa shape index (κ3) is 1.92. The zero-order chi connectivity index (χ0) is 12.5. The second kappa shape index (κ2) is 4.14. The molecule has 0 spiro atoms. The maximum Gasteiger partial charge on any atom is 0.222 e. The van der Waals surface area contributed by atoms with Crippen LogP contribution in [0.15, 0.2) is 24.5 Å². The lowest BCUT2D eigenvalue weighted by molar-refractivity contribution is -0.119. The predicted octanol–water partition coefficient (Wildman–Crippen LogP) is 0.512. The number of hydrogen-bond acceptors (Lipinski definition) is 5. The van der Waals surface area contributed by atoms with Crippen molar-refractivity contribution in [2.24, 2.45) is 0 Å². The summed E-state index contributed by atoms with van der Waals surface area (Å²) < 4.78 is 0. The van der Waals surface area contributed by atoms with Gasteiger partial charge in [0.05, 0.1) is 11.6 Å². The van der Waals surface area contributed by atoms with Crippen LogP contribution in [0.5, 0.6) is 0 Å². The first-order chi connectivity index (χ1) is 8.72. The van der Waals surface area contributed by atoms with Gasteiger partial charge in [-0.3, -0.25) is 4.79 Å². The van der Waals surface area contributed by atoms with E-state index >= 15 is 0 Å². The van der Waals surface area contributed by atoms with Gasteiger partial charge in [-0.15, -0.1) is 0 Å². The smallest absolute Gasteiger partial charge is 0.222 e. The minimum atomic E-state index is 0.0605. The van der Waals surface area contributed by atoms with Crippen LogP contribution in [-0.4, -0.2) is 28.5 Å². The summed E-state index contributed by atoms with van der Waals surface area (Å²) in [5, 5.41) is 6.90. The molecule has 1 aliphatic heterocycles. The molecule has 6 nitrogen and oxygen atoms in total. The number of aromatic nitrogens is 2. The molecule has 1 saturated heterocycles. The van der Waals surface area contributed by atoms with Crippen molar-refractivity contribution in [1.82, 2.24) is 15.3 Å². The molecule has 1 atom stereocenters. The molecule has 1 aliphatic rings. The highest BCUT2D eigenvalue weighted by atomic mass is 16.1. The maximum absolute atomic E-state index is 11.2. The zero-order valence-electron chi connectivity index (χ0n) is 9.68. The summed E-state index contributed by atoms with van der Waals surface area (Å²) >= 11 is 0. The van der Waals surface area contributed by atoms with E-state index < -0.39 is 0 Å². The van der Waals surface area contributed by atoms with E-state index in [1.54, 1.807) is 6.07 Å². The Bertz CT molecular complexity index is 612. The number of nitrogens with two attached hydrogens (primary N) is 1. The lowest BCUT2D eigenvalue weighted by Gasteiger charge is -2.12. The Labute approximate surface area is 104 Å². The van der Waals surface area contributed by atoms with Crippen LogP contribution >= 0.6 is 0 Å². The van der Waals surface area contributed by atoms with Crippen molar-refractivity contribution < 1.29 is 4.79 Å². The first kappa shape index (κ1) is 10.8. The quantitative estimate of drug-likeness (QED) is 0.668. The molecule has 0 radical (unpaired) electrons. The van der Waals surface area contributed by atoms with Gasteiger partial charge in [0.1, 0.15) is 12.1 Å². The topological polar surface area (TPSA) is 92.9 Å². The third-order valence-corrected chi connectivity index (χ3v) is 2.98. The third-order valence-electron chi connectivity index (χ3n) is 2.98. The van der Waals surface area contributed by atoms with Gasteiger partial charge in [-0.2, -0.15) is 0 Å². The fourth-order valence-corrected chi connectivity index (χ4v) is 2.09. The molecule has 6 heteroatoms. The van der Waals surface area contributed by atoms with Crippen molar-refractivity contribution in [2.45, 2.75) is 12.5 Å². The Hall–Kier alpha value is -2.37. The molecule has 1 aromatic heterocycles. The van der Waals surface area contributed by atoms with Crippen LogP contribution in [0.3, 0.4) is 0 Å². The maximum atomic E-state index is 11.2. The summed E-state index contributed by atoms with van der Waals surface area (Å²) in [7, 11) is 0. The first-order valence-electron chi connectivity index (χ1n) is 5.76. The Balaban J connectivity index is 1.96. The molecular weight excluding hydrogens is 230 g/mol. The standard InChI is InChI=1S/C12H13N5O/c13-7-1-2-10-9(3-7)12(16-6-15-10)17-8-4-11(18)14-5-8/h1-3,6,8H,4-5,13H2,(H,14,18)(H,15,16,17). The summed E-state index contributed by atoms with van der Waals surface area (Å²) in [6.45, 7) is 0.618. The van der Waals surface area contributed by atoms with Gasteiger partial charge in [0.15, 0.2) is 0 Å². The van der Waals surface area contributed by atoms with E-state index in [1.165, 1.54) is 6.33 Å². The summed E-state index contributed by atoms with van der Waals surface area (Å²) in [6.07, 6.45) is 1.97. The number of hydrogen-bond donors (Lipinski definition) is 3. The van der Waals surface area contributed by atoms with Gasteiger partial charge in [0, 0.05) is 24.0 Å². The molecule has 1 amide bonds. The SMILES string of the molecule is Nc1ccc2ncnc(NC3CNC(=O)C3)c2c1. The normalized spacial score (nSPS) is 18.9. The van der Waals surface area contributed by atoms with Crippen LogP contribution in [0, 0.1) is 0 Å². The molecule has 1 aromatic carbocycles. The van der Waals surface area contributed by atoms with Crippen molar-refractivity contribution >= 4 is 28.3 Å². The van der Waals surface area contributed by atoms with Crippen molar-refractivity contribution in [2.75, 3.05) is 17.6 Å². The van der Waals surface area contributed by atoms with Crippen LogP contribution in [-0.2, 0) is 4.79 Å². The van der Waals surface area contributed by atoms with Crippen molar-refractivity contribution in [3.05, 3.63) is 24.5 Å². The summed E-state index contributed by atoms with van der Waals surface area (Å²) in [4.78, 5) is 19.6. The van der Waals surface area contributed by atoms with E-state index in [1.807, 2.05) is 12.1 Å². The van der Waals surface area contributed by atoms with Crippen molar-refractivity contribution in [3.8, 4) is 0 Å². The van der Waals surface area contributed by atoms with Crippen molar-refractivity contribution in [3.63, 3.8) is 0 Å². The minimum absolute atomic E-state index is 0.0605. The second-order valence-corrected chi connectivity index (χ2v) is 4.35. The van der Waals surface area contributed by atoms with Gasteiger partial charge in [0.25, 0.3) is 0 Å². The zero-order valence-corrected chi connectivity index (χ0v) is 9.68. The molecule has 18 heavy (non-hydrogen) atoms. The molecule has 4 N–H and O–H groups in total. The van der Waals surface area contributed by atoms with E-state index in [4.69, 9.17) is 5.73 Å². The number of fused-ring (bicyclic) bond motifs is 1. The molecule has 0 aliphatic carbocycles. The van der Waals surface area contributed by atoms with E-state index in [0.29, 0.717) is 24.5 Å². The number of anilines is 2. The highest BCUT2D eigenvalue weighted by Crippen LogP contribution is 2.22. The summed E-state index contributed by atoms with van der Waals surface area (Å²) in [5.74, 6) is 0.777. The number of nitrogens with zero attached hydrogens (tertiary/aromatic N) is 2. The molecular formula is C12H13N5O. The highest BCUT2D eigenvalue weighted by molar-refractivity contribution is 5.91. The van der Waals surface area contributed by atoms with E-state index in [2.05, 4.69) is 20.6 Å². The predicted molar refractivity (Wildman–Crippen MR) is 69.0 cm³/mol. The van der Waals surface area contributed by atoms with E-state index in [-0.39, 0.29) is 11.9 Å². The molecule has 0 saturated carbocycles. The second-order valence-electron chi connectivity index (χ2n) is 4.35. The van der Waals surface area contributed by atoms with Crippen LogP contribution in [0.1, 0.15) is 6.42 Å². The van der Waals surface area contributed by atoms with Gasteiger partial charge >= 0.3 is 0 Å². The van der Waals surface area contributed by atoms with Gasteiger partial charge in [-0.05, 0) is 18.2 Å². The largest absolute Gasteiger partial charge is 0.399 e. The number of amides is 1. The number of carbonyl (C=O) groups is 1. The van der Waals surface area contributed by atoms with E-state index in [0.717, 1.165) is 10.9 Å². The van der Waals surface area contributed by atoms with Gasteiger partial charge in [-0.25, -0.2) is 9.97 Å². The minimum Gasteiger partial charge on any atom is -0.399 e. The highest BCUT2D eigenvalue weighted by Gasteiger charge is 2.22. The Morgan fingerprint density at radius 3 is 3.06 bits per heavy atom. The molecule has 92 valence electrons. The van der Waals surface area contributed by atoms with Crippen LogP contribution in [0.4, 0.5) is 11.5 Å². The lowest BCUT2D eigenvalue weighted by atomic mass is 10.2. The van der Waals surface area contributed by atoms with E-state index in [9.17, 15) is 4.79 Å². The fourth-order valence-electron chi connectivity index (χ4n) is 2.09. The van der Waals surface area contributed by atoms with Crippen LogP contribution in [0.25, 0.3) is 10.9 Å².